The van der Waals surface area contributed by atoms with Crippen LogP contribution in [0.2, 0.25) is 0 Å². The van der Waals surface area contributed by atoms with Gasteiger partial charge in [-0.1, -0.05) is 42.5 Å². The van der Waals surface area contributed by atoms with Crippen LogP contribution in [0.15, 0.2) is 54.6 Å². The van der Waals surface area contributed by atoms with Gasteiger partial charge < -0.3 is 9.80 Å². The molecule has 1 amide bonds. The number of rotatable bonds is 2. The molecule has 0 fully saturated rings. The van der Waals surface area contributed by atoms with Crippen LogP contribution in [0, 0.1) is 0 Å². The van der Waals surface area contributed by atoms with Crippen LogP contribution in [0.25, 0.3) is 0 Å². The first-order valence-electron chi connectivity index (χ1n) is 6.85. The molecule has 3 heteroatoms. The van der Waals surface area contributed by atoms with Gasteiger partial charge in [-0.3, -0.25) is 4.79 Å². The maximum atomic E-state index is 12.5. The molecule has 3 rings (SSSR count). The van der Waals surface area contributed by atoms with Crippen LogP contribution in [0.3, 0.4) is 0 Å². The van der Waals surface area contributed by atoms with E-state index >= 15 is 0 Å². The van der Waals surface area contributed by atoms with Crippen LogP contribution in [0.1, 0.15) is 18.5 Å². The first-order valence-corrected chi connectivity index (χ1v) is 6.85. The van der Waals surface area contributed by atoms with Gasteiger partial charge in [0.25, 0.3) is 0 Å². The third-order valence-electron chi connectivity index (χ3n) is 3.86. The SMILES string of the molecule is CC(c1ccccc1)N1C(=O)CN(C)c2ccccc21. The Bertz CT molecular complexity index is 624. The van der Waals surface area contributed by atoms with Gasteiger partial charge in [-0.15, -0.1) is 0 Å². The van der Waals surface area contributed by atoms with E-state index in [1.165, 1.54) is 0 Å². The topological polar surface area (TPSA) is 23.6 Å². The second-order valence-electron chi connectivity index (χ2n) is 5.20. The maximum Gasteiger partial charge on any atom is 0.247 e. The summed E-state index contributed by atoms with van der Waals surface area (Å²) in [4.78, 5) is 16.4. The summed E-state index contributed by atoms with van der Waals surface area (Å²) in [5.41, 5.74) is 3.25. The number of likely N-dealkylation sites (N-methyl/N-ethyl adjacent to an activating group) is 1. The molecule has 0 saturated carbocycles. The van der Waals surface area contributed by atoms with E-state index in [9.17, 15) is 4.79 Å². The van der Waals surface area contributed by atoms with Crippen LogP contribution in [0.5, 0.6) is 0 Å². The summed E-state index contributed by atoms with van der Waals surface area (Å²) in [5.74, 6) is 0.141. The third kappa shape index (κ3) is 2.05. The van der Waals surface area contributed by atoms with Crippen molar-refractivity contribution in [2.45, 2.75) is 13.0 Å². The highest BCUT2D eigenvalue weighted by atomic mass is 16.2. The van der Waals surface area contributed by atoms with Crippen LogP contribution in [0.4, 0.5) is 11.4 Å². The highest BCUT2D eigenvalue weighted by molar-refractivity contribution is 6.03. The zero-order chi connectivity index (χ0) is 14.1. The second kappa shape index (κ2) is 5.00. The molecule has 102 valence electrons. The molecule has 2 aromatic rings. The summed E-state index contributed by atoms with van der Waals surface area (Å²) in [6.07, 6.45) is 0. The third-order valence-corrected chi connectivity index (χ3v) is 3.86. The lowest BCUT2D eigenvalue weighted by molar-refractivity contribution is -0.118. The van der Waals surface area contributed by atoms with Crippen molar-refractivity contribution in [2.75, 3.05) is 23.4 Å². The number of carbonyl (C=O) groups excluding carboxylic acids is 1. The zero-order valence-electron chi connectivity index (χ0n) is 11.8. The molecular weight excluding hydrogens is 248 g/mol. The molecule has 20 heavy (non-hydrogen) atoms. The van der Waals surface area contributed by atoms with Gasteiger partial charge in [0.1, 0.15) is 0 Å². The van der Waals surface area contributed by atoms with Crippen molar-refractivity contribution in [2.24, 2.45) is 0 Å². The molecule has 0 N–H and O–H groups in total. The predicted molar refractivity (Wildman–Crippen MR) is 82.1 cm³/mol. The predicted octanol–water partition coefficient (Wildman–Crippen LogP) is 3.23. The van der Waals surface area contributed by atoms with Gasteiger partial charge in [-0.2, -0.15) is 0 Å². The first-order chi connectivity index (χ1) is 9.68. The molecule has 1 aliphatic heterocycles. The van der Waals surface area contributed by atoms with Gasteiger partial charge in [0.15, 0.2) is 0 Å². The van der Waals surface area contributed by atoms with Crippen molar-refractivity contribution >= 4 is 17.3 Å². The number of amides is 1. The molecule has 0 aromatic heterocycles. The molecule has 1 heterocycles. The molecule has 1 atom stereocenters. The van der Waals surface area contributed by atoms with E-state index in [2.05, 4.69) is 25.1 Å². The fourth-order valence-electron chi connectivity index (χ4n) is 2.79. The van der Waals surface area contributed by atoms with E-state index in [1.807, 2.05) is 53.2 Å². The maximum absolute atomic E-state index is 12.5. The van der Waals surface area contributed by atoms with E-state index in [-0.39, 0.29) is 11.9 Å². The van der Waals surface area contributed by atoms with Crippen molar-refractivity contribution in [3.8, 4) is 0 Å². The molecule has 2 aromatic carbocycles. The fraction of sp³-hybridized carbons (Fsp3) is 0.235. The summed E-state index contributed by atoms with van der Waals surface area (Å²) >= 11 is 0. The average Bonchev–Trinajstić information content (AvgIpc) is 2.48. The van der Waals surface area contributed by atoms with Gasteiger partial charge in [-0.25, -0.2) is 0 Å². The smallest absolute Gasteiger partial charge is 0.247 e. The highest BCUT2D eigenvalue weighted by Gasteiger charge is 2.30. The van der Waals surface area contributed by atoms with E-state index in [0.717, 1.165) is 16.9 Å². The van der Waals surface area contributed by atoms with Crippen LogP contribution < -0.4 is 9.80 Å². The summed E-state index contributed by atoms with van der Waals surface area (Å²) in [5, 5.41) is 0. The van der Waals surface area contributed by atoms with Crippen molar-refractivity contribution in [3.63, 3.8) is 0 Å². The molecule has 0 radical (unpaired) electrons. The number of anilines is 2. The van der Waals surface area contributed by atoms with Gasteiger partial charge in [-0.05, 0) is 24.6 Å². The Morgan fingerprint density at radius 2 is 1.55 bits per heavy atom. The van der Waals surface area contributed by atoms with Crippen LogP contribution in [-0.2, 0) is 4.79 Å². The van der Waals surface area contributed by atoms with Crippen molar-refractivity contribution < 1.29 is 4.79 Å². The summed E-state index contributed by atoms with van der Waals surface area (Å²) in [7, 11) is 1.96. The Morgan fingerprint density at radius 1 is 0.950 bits per heavy atom. The van der Waals surface area contributed by atoms with Gasteiger partial charge in [0.2, 0.25) is 5.91 Å². The number of hydrogen-bond donors (Lipinski definition) is 0. The number of para-hydroxylation sites is 2. The van der Waals surface area contributed by atoms with Gasteiger partial charge in [0, 0.05) is 7.05 Å². The monoisotopic (exact) mass is 266 g/mol. The first kappa shape index (κ1) is 12.7. The highest BCUT2D eigenvalue weighted by Crippen LogP contribution is 2.37. The lowest BCUT2D eigenvalue weighted by atomic mass is 10.0. The molecule has 1 unspecified atom stereocenters. The Balaban J connectivity index is 2.05. The van der Waals surface area contributed by atoms with Crippen LogP contribution in [-0.4, -0.2) is 19.5 Å². The van der Waals surface area contributed by atoms with Gasteiger partial charge in [0.05, 0.1) is 24.0 Å². The quantitative estimate of drug-likeness (QED) is 0.833. The largest absolute Gasteiger partial charge is 0.364 e. The molecular formula is C17H18N2O. The average molecular weight is 266 g/mol. The summed E-state index contributed by atoms with van der Waals surface area (Å²) in [6.45, 7) is 2.50. The molecule has 0 saturated heterocycles. The van der Waals surface area contributed by atoms with E-state index in [0.29, 0.717) is 6.54 Å². The number of fused-ring (bicyclic) bond motifs is 1. The molecule has 0 aliphatic carbocycles. The Morgan fingerprint density at radius 3 is 2.25 bits per heavy atom. The number of carbonyl (C=O) groups is 1. The lowest BCUT2D eigenvalue weighted by Crippen LogP contribution is -2.45. The molecule has 3 nitrogen and oxygen atoms in total. The Kier molecular flexibility index (Phi) is 3.18. The van der Waals surface area contributed by atoms with Crippen molar-refractivity contribution in [1.82, 2.24) is 0 Å². The molecule has 1 aliphatic rings. The minimum Gasteiger partial charge on any atom is -0.364 e. The second-order valence-corrected chi connectivity index (χ2v) is 5.20. The molecule has 0 spiro atoms. The summed E-state index contributed by atoms with van der Waals surface area (Å²) < 4.78 is 0. The number of nitrogens with zero attached hydrogens (tertiary/aromatic N) is 2. The number of benzene rings is 2. The zero-order valence-corrected chi connectivity index (χ0v) is 11.8. The van der Waals surface area contributed by atoms with Crippen molar-refractivity contribution in [3.05, 3.63) is 60.2 Å². The van der Waals surface area contributed by atoms with E-state index in [4.69, 9.17) is 0 Å². The number of hydrogen-bond acceptors (Lipinski definition) is 2. The normalized spacial score (nSPS) is 16.0. The van der Waals surface area contributed by atoms with Gasteiger partial charge >= 0.3 is 0 Å². The summed E-state index contributed by atoms with van der Waals surface area (Å²) in [6, 6.07) is 18.3. The minimum absolute atomic E-state index is 0.0403. The standard InChI is InChI=1S/C17H18N2O/c1-13(14-8-4-3-5-9-14)19-16-11-7-6-10-15(16)18(2)12-17(19)20/h3-11,13H,12H2,1-2H3. The van der Waals surface area contributed by atoms with Crippen molar-refractivity contribution in [1.29, 1.82) is 0 Å². The Hall–Kier alpha value is -2.29. The minimum atomic E-state index is 0.0403. The van der Waals surface area contributed by atoms with Crippen LogP contribution >= 0.6 is 0 Å². The molecule has 0 bridgehead atoms. The van der Waals surface area contributed by atoms with E-state index in [1.54, 1.807) is 0 Å². The fourth-order valence-corrected chi connectivity index (χ4v) is 2.79. The Labute approximate surface area is 119 Å². The lowest BCUT2D eigenvalue weighted by Gasteiger charge is -2.38. The van der Waals surface area contributed by atoms with E-state index < -0.39 is 0 Å².